The van der Waals surface area contributed by atoms with Crippen LogP contribution in [0.4, 0.5) is 4.39 Å². The molecule has 1 aromatic heterocycles. The average molecular weight is 302 g/mol. The molecule has 118 valence electrons. The summed E-state index contributed by atoms with van der Waals surface area (Å²) >= 11 is 0. The third kappa shape index (κ3) is 3.93. The van der Waals surface area contributed by atoms with E-state index in [1.165, 1.54) is 23.4 Å². The summed E-state index contributed by atoms with van der Waals surface area (Å²) in [6.07, 6.45) is 6.05. The molecule has 0 saturated carbocycles. The number of hydrogen-bond donors (Lipinski definition) is 1. The summed E-state index contributed by atoms with van der Waals surface area (Å²) in [4.78, 5) is 6.58. The standard InChI is InChI=1S/C17H23FN4/c1-21-13-19-10-17(21)11-20-16-6-8-22(9-7-16)12-14-2-4-15(18)5-3-14/h2-5,10,13,16,20H,6-9,11-12H2,1H3. The van der Waals surface area contributed by atoms with Crippen LogP contribution in [0.1, 0.15) is 24.1 Å². The molecular formula is C17H23FN4. The lowest BCUT2D eigenvalue weighted by Gasteiger charge is -2.32. The number of benzene rings is 1. The lowest BCUT2D eigenvalue weighted by atomic mass is 10.0. The van der Waals surface area contributed by atoms with Gasteiger partial charge in [0.1, 0.15) is 5.82 Å². The van der Waals surface area contributed by atoms with Gasteiger partial charge in [-0.15, -0.1) is 0 Å². The first-order valence-electron chi connectivity index (χ1n) is 7.86. The van der Waals surface area contributed by atoms with Crippen molar-refractivity contribution in [1.82, 2.24) is 19.8 Å². The Kier molecular flexibility index (Phi) is 4.85. The number of halogens is 1. The molecule has 0 aliphatic carbocycles. The van der Waals surface area contributed by atoms with Crippen molar-refractivity contribution in [3.8, 4) is 0 Å². The molecule has 1 fully saturated rings. The van der Waals surface area contributed by atoms with Crippen molar-refractivity contribution in [2.24, 2.45) is 7.05 Å². The summed E-state index contributed by atoms with van der Waals surface area (Å²) in [7, 11) is 2.02. The molecule has 1 aromatic carbocycles. The Balaban J connectivity index is 1.42. The smallest absolute Gasteiger partial charge is 0.123 e. The van der Waals surface area contributed by atoms with Crippen molar-refractivity contribution in [2.45, 2.75) is 32.0 Å². The van der Waals surface area contributed by atoms with Gasteiger partial charge in [0.05, 0.1) is 12.0 Å². The minimum Gasteiger partial charge on any atom is -0.337 e. The molecular weight excluding hydrogens is 279 g/mol. The summed E-state index contributed by atoms with van der Waals surface area (Å²) in [5.41, 5.74) is 2.40. The molecule has 3 rings (SSSR count). The Morgan fingerprint density at radius 1 is 1.23 bits per heavy atom. The zero-order valence-corrected chi connectivity index (χ0v) is 13.0. The minimum atomic E-state index is -0.165. The number of nitrogens with zero attached hydrogens (tertiary/aromatic N) is 3. The predicted molar refractivity (Wildman–Crippen MR) is 84.7 cm³/mol. The van der Waals surface area contributed by atoms with Crippen molar-refractivity contribution in [3.05, 3.63) is 53.9 Å². The molecule has 0 spiro atoms. The number of likely N-dealkylation sites (tertiary alicyclic amines) is 1. The summed E-state index contributed by atoms with van der Waals surface area (Å²) in [5.74, 6) is -0.165. The number of hydrogen-bond acceptors (Lipinski definition) is 3. The fourth-order valence-electron chi connectivity index (χ4n) is 2.95. The highest BCUT2D eigenvalue weighted by molar-refractivity contribution is 5.16. The van der Waals surface area contributed by atoms with Gasteiger partial charge in [-0.05, 0) is 43.6 Å². The summed E-state index contributed by atoms with van der Waals surface area (Å²) in [6.45, 7) is 3.95. The maximum absolute atomic E-state index is 12.9. The Morgan fingerprint density at radius 3 is 2.59 bits per heavy atom. The molecule has 4 nitrogen and oxygen atoms in total. The highest BCUT2D eigenvalue weighted by Gasteiger charge is 2.19. The maximum atomic E-state index is 12.9. The Morgan fingerprint density at radius 2 is 1.95 bits per heavy atom. The van der Waals surface area contributed by atoms with Gasteiger partial charge < -0.3 is 9.88 Å². The molecule has 0 bridgehead atoms. The van der Waals surface area contributed by atoms with Gasteiger partial charge >= 0.3 is 0 Å². The zero-order chi connectivity index (χ0) is 15.4. The number of rotatable bonds is 5. The molecule has 0 radical (unpaired) electrons. The zero-order valence-electron chi connectivity index (χ0n) is 13.0. The van der Waals surface area contributed by atoms with E-state index in [1.807, 2.05) is 31.7 Å². The average Bonchev–Trinajstić information content (AvgIpc) is 2.94. The van der Waals surface area contributed by atoms with E-state index in [1.54, 1.807) is 0 Å². The second-order valence-corrected chi connectivity index (χ2v) is 6.05. The van der Waals surface area contributed by atoms with E-state index in [9.17, 15) is 4.39 Å². The molecule has 1 saturated heterocycles. The van der Waals surface area contributed by atoms with E-state index in [2.05, 4.69) is 19.8 Å². The number of nitrogens with one attached hydrogen (secondary N) is 1. The molecule has 1 aliphatic heterocycles. The maximum Gasteiger partial charge on any atom is 0.123 e. The molecule has 2 aromatic rings. The third-order valence-electron chi connectivity index (χ3n) is 4.40. The number of aryl methyl sites for hydroxylation is 1. The summed E-state index contributed by atoms with van der Waals surface area (Å²) in [6, 6.07) is 7.40. The van der Waals surface area contributed by atoms with Gasteiger partial charge in [0.2, 0.25) is 0 Å². The van der Waals surface area contributed by atoms with Crippen LogP contribution >= 0.6 is 0 Å². The van der Waals surface area contributed by atoms with Crippen LogP contribution in [0.15, 0.2) is 36.8 Å². The minimum absolute atomic E-state index is 0.165. The van der Waals surface area contributed by atoms with Crippen LogP contribution in [-0.2, 0) is 20.1 Å². The highest BCUT2D eigenvalue weighted by Crippen LogP contribution is 2.14. The third-order valence-corrected chi connectivity index (χ3v) is 4.40. The normalized spacial score (nSPS) is 17.0. The fraction of sp³-hybridized carbons (Fsp3) is 0.471. The van der Waals surface area contributed by atoms with Crippen LogP contribution in [0.2, 0.25) is 0 Å². The first-order chi connectivity index (χ1) is 10.7. The predicted octanol–water partition coefficient (Wildman–Crippen LogP) is 2.31. The number of piperidine rings is 1. The number of imidazole rings is 1. The van der Waals surface area contributed by atoms with Crippen LogP contribution in [0, 0.1) is 5.82 Å². The Bertz CT molecular complexity index is 585. The SMILES string of the molecule is Cn1cncc1CNC1CCN(Cc2ccc(F)cc2)CC1. The molecule has 0 amide bonds. The first kappa shape index (κ1) is 15.2. The lowest BCUT2D eigenvalue weighted by molar-refractivity contribution is 0.189. The second kappa shape index (κ2) is 7.03. The van der Waals surface area contributed by atoms with Crippen LogP contribution in [0.3, 0.4) is 0 Å². The summed E-state index contributed by atoms with van der Waals surface area (Å²) < 4.78 is 15.0. The van der Waals surface area contributed by atoms with Gasteiger partial charge in [0.25, 0.3) is 0 Å². The van der Waals surface area contributed by atoms with E-state index in [-0.39, 0.29) is 5.82 Å². The van der Waals surface area contributed by atoms with Gasteiger partial charge in [-0.3, -0.25) is 4.90 Å². The molecule has 2 heterocycles. The van der Waals surface area contributed by atoms with Crippen LogP contribution < -0.4 is 5.32 Å². The van der Waals surface area contributed by atoms with Crippen molar-refractivity contribution in [3.63, 3.8) is 0 Å². The van der Waals surface area contributed by atoms with E-state index in [0.717, 1.165) is 39.0 Å². The van der Waals surface area contributed by atoms with E-state index in [4.69, 9.17) is 0 Å². The highest BCUT2D eigenvalue weighted by atomic mass is 19.1. The summed E-state index contributed by atoms with van der Waals surface area (Å²) in [5, 5.41) is 3.62. The van der Waals surface area contributed by atoms with Crippen molar-refractivity contribution in [1.29, 1.82) is 0 Å². The van der Waals surface area contributed by atoms with E-state index >= 15 is 0 Å². The first-order valence-corrected chi connectivity index (χ1v) is 7.86. The molecule has 0 unspecified atom stereocenters. The van der Waals surface area contributed by atoms with Gasteiger partial charge in [0.15, 0.2) is 0 Å². The van der Waals surface area contributed by atoms with E-state index < -0.39 is 0 Å². The van der Waals surface area contributed by atoms with Crippen LogP contribution in [0.25, 0.3) is 0 Å². The van der Waals surface area contributed by atoms with Crippen molar-refractivity contribution >= 4 is 0 Å². The Labute approximate surface area is 131 Å². The van der Waals surface area contributed by atoms with E-state index in [0.29, 0.717) is 6.04 Å². The molecule has 1 aliphatic rings. The van der Waals surface area contributed by atoms with Gasteiger partial charge in [-0.25, -0.2) is 9.37 Å². The molecule has 5 heteroatoms. The lowest BCUT2D eigenvalue weighted by Crippen LogP contribution is -2.42. The molecule has 22 heavy (non-hydrogen) atoms. The Hall–Kier alpha value is -1.72. The largest absolute Gasteiger partial charge is 0.337 e. The quantitative estimate of drug-likeness (QED) is 0.920. The number of aromatic nitrogens is 2. The molecule has 1 N–H and O–H groups in total. The fourth-order valence-corrected chi connectivity index (χ4v) is 2.95. The van der Waals surface area contributed by atoms with Gasteiger partial charge in [0, 0.05) is 32.4 Å². The van der Waals surface area contributed by atoms with Crippen molar-refractivity contribution < 1.29 is 4.39 Å². The van der Waals surface area contributed by atoms with Crippen LogP contribution in [0.5, 0.6) is 0 Å². The van der Waals surface area contributed by atoms with Gasteiger partial charge in [-0.2, -0.15) is 0 Å². The second-order valence-electron chi connectivity index (χ2n) is 6.05. The molecule has 0 atom stereocenters. The van der Waals surface area contributed by atoms with Gasteiger partial charge in [-0.1, -0.05) is 12.1 Å². The van der Waals surface area contributed by atoms with Crippen LogP contribution in [-0.4, -0.2) is 33.6 Å². The van der Waals surface area contributed by atoms with Crippen molar-refractivity contribution in [2.75, 3.05) is 13.1 Å². The topological polar surface area (TPSA) is 33.1 Å². The monoisotopic (exact) mass is 302 g/mol.